The Hall–Kier alpha value is -1.71. The van der Waals surface area contributed by atoms with Gasteiger partial charge in [-0.05, 0) is 19.1 Å². The summed E-state index contributed by atoms with van der Waals surface area (Å²) < 4.78 is 5.25. The fourth-order valence-corrected chi connectivity index (χ4v) is 0.970. The van der Waals surface area contributed by atoms with Gasteiger partial charge in [-0.25, -0.2) is 0 Å². The van der Waals surface area contributed by atoms with Crippen LogP contribution >= 0.6 is 0 Å². The van der Waals surface area contributed by atoms with Crippen LogP contribution in [0.15, 0.2) is 29.4 Å². The van der Waals surface area contributed by atoms with Crippen LogP contribution in [0.5, 0.6) is 5.75 Å². The van der Waals surface area contributed by atoms with Crippen molar-refractivity contribution in [2.24, 2.45) is 10.9 Å². The van der Waals surface area contributed by atoms with Gasteiger partial charge in [0.25, 0.3) is 0 Å². The molecule has 0 aliphatic heterocycles. The zero-order valence-corrected chi connectivity index (χ0v) is 7.40. The fourth-order valence-electron chi connectivity index (χ4n) is 0.970. The standard InChI is InChI=1S/C9H12N2O2/c1-2-13-8-5-3-4-7(6-8)9(10)11-12/h3-6,12H,2H2,1H3,(H2,10,11). The van der Waals surface area contributed by atoms with E-state index in [1.165, 1.54) is 0 Å². The van der Waals surface area contributed by atoms with Gasteiger partial charge >= 0.3 is 0 Å². The highest BCUT2D eigenvalue weighted by molar-refractivity contribution is 5.97. The molecule has 0 spiro atoms. The second kappa shape index (κ2) is 4.35. The average molecular weight is 180 g/mol. The maximum Gasteiger partial charge on any atom is 0.170 e. The van der Waals surface area contributed by atoms with E-state index >= 15 is 0 Å². The predicted octanol–water partition coefficient (Wildman–Crippen LogP) is 1.18. The van der Waals surface area contributed by atoms with E-state index in [-0.39, 0.29) is 5.84 Å². The molecule has 0 bridgehead atoms. The first-order valence-electron chi connectivity index (χ1n) is 3.98. The maximum atomic E-state index is 8.43. The summed E-state index contributed by atoms with van der Waals surface area (Å²) in [4.78, 5) is 0. The van der Waals surface area contributed by atoms with Gasteiger partial charge in [0.1, 0.15) is 5.75 Å². The van der Waals surface area contributed by atoms with E-state index in [0.29, 0.717) is 17.9 Å². The molecule has 0 unspecified atom stereocenters. The first-order chi connectivity index (χ1) is 6.27. The molecule has 0 atom stereocenters. The Morgan fingerprint density at radius 1 is 1.62 bits per heavy atom. The Labute approximate surface area is 76.6 Å². The van der Waals surface area contributed by atoms with Crippen molar-refractivity contribution >= 4 is 5.84 Å². The quantitative estimate of drug-likeness (QED) is 0.317. The molecule has 0 aromatic heterocycles. The molecule has 1 rings (SSSR count). The molecule has 0 radical (unpaired) electrons. The number of hydrogen-bond acceptors (Lipinski definition) is 3. The first-order valence-corrected chi connectivity index (χ1v) is 3.98. The molecule has 0 saturated heterocycles. The van der Waals surface area contributed by atoms with E-state index in [0.717, 1.165) is 0 Å². The van der Waals surface area contributed by atoms with Gasteiger partial charge < -0.3 is 15.7 Å². The van der Waals surface area contributed by atoms with Crippen LogP contribution in [-0.4, -0.2) is 17.6 Å². The van der Waals surface area contributed by atoms with Crippen molar-refractivity contribution in [2.75, 3.05) is 6.61 Å². The third kappa shape index (κ3) is 2.37. The van der Waals surface area contributed by atoms with Gasteiger partial charge in [-0.1, -0.05) is 17.3 Å². The number of amidine groups is 1. The van der Waals surface area contributed by atoms with Gasteiger partial charge in [-0.15, -0.1) is 0 Å². The van der Waals surface area contributed by atoms with E-state index in [9.17, 15) is 0 Å². The number of nitrogens with zero attached hydrogens (tertiary/aromatic N) is 1. The number of hydrogen-bond donors (Lipinski definition) is 2. The van der Waals surface area contributed by atoms with Gasteiger partial charge in [0, 0.05) is 5.56 Å². The molecule has 13 heavy (non-hydrogen) atoms. The molecular formula is C9H12N2O2. The highest BCUT2D eigenvalue weighted by atomic mass is 16.5. The van der Waals surface area contributed by atoms with Crippen molar-refractivity contribution in [3.63, 3.8) is 0 Å². The van der Waals surface area contributed by atoms with E-state index < -0.39 is 0 Å². The molecule has 0 saturated carbocycles. The molecule has 4 heteroatoms. The highest BCUT2D eigenvalue weighted by Crippen LogP contribution is 2.12. The molecule has 1 aromatic rings. The fraction of sp³-hybridized carbons (Fsp3) is 0.222. The SMILES string of the molecule is CCOc1cccc(/C(N)=N\O)c1. The summed E-state index contributed by atoms with van der Waals surface area (Å²) in [5.74, 6) is 0.799. The van der Waals surface area contributed by atoms with Crippen LogP contribution in [-0.2, 0) is 0 Å². The first kappa shape index (κ1) is 9.38. The predicted molar refractivity (Wildman–Crippen MR) is 50.1 cm³/mol. The van der Waals surface area contributed by atoms with Crippen molar-refractivity contribution < 1.29 is 9.94 Å². The lowest BCUT2D eigenvalue weighted by molar-refractivity contribution is 0.318. The highest BCUT2D eigenvalue weighted by Gasteiger charge is 1.99. The lowest BCUT2D eigenvalue weighted by Gasteiger charge is -2.04. The molecular weight excluding hydrogens is 168 g/mol. The third-order valence-corrected chi connectivity index (χ3v) is 1.55. The number of nitrogens with two attached hydrogens (primary N) is 1. The number of oxime groups is 1. The van der Waals surface area contributed by atoms with Gasteiger partial charge in [0.15, 0.2) is 5.84 Å². The smallest absolute Gasteiger partial charge is 0.170 e. The molecule has 0 aliphatic carbocycles. The summed E-state index contributed by atoms with van der Waals surface area (Å²) >= 11 is 0. The second-order valence-electron chi connectivity index (χ2n) is 2.45. The van der Waals surface area contributed by atoms with E-state index in [1.807, 2.05) is 13.0 Å². The summed E-state index contributed by atoms with van der Waals surface area (Å²) in [6, 6.07) is 7.08. The van der Waals surface area contributed by atoms with Crippen LogP contribution in [0.3, 0.4) is 0 Å². The number of ether oxygens (including phenoxy) is 1. The third-order valence-electron chi connectivity index (χ3n) is 1.55. The molecule has 0 heterocycles. The number of benzene rings is 1. The van der Waals surface area contributed by atoms with Crippen LogP contribution in [0.1, 0.15) is 12.5 Å². The number of rotatable bonds is 3. The summed E-state index contributed by atoms with van der Waals surface area (Å²) in [6.07, 6.45) is 0. The summed E-state index contributed by atoms with van der Waals surface area (Å²) in [6.45, 7) is 2.50. The van der Waals surface area contributed by atoms with Gasteiger partial charge in [-0.2, -0.15) is 0 Å². The molecule has 3 N–H and O–H groups in total. The minimum absolute atomic E-state index is 0.0848. The molecule has 1 aromatic carbocycles. The zero-order chi connectivity index (χ0) is 9.68. The van der Waals surface area contributed by atoms with Crippen molar-refractivity contribution in [3.05, 3.63) is 29.8 Å². The summed E-state index contributed by atoms with van der Waals surface area (Å²) in [5.41, 5.74) is 6.05. The Balaban J connectivity index is 2.91. The maximum absolute atomic E-state index is 8.43. The zero-order valence-electron chi connectivity index (χ0n) is 7.40. The van der Waals surface area contributed by atoms with Crippen molar-refractivity contribution in [1.82, 2.24) is 0 Å². The minimum atomic E-state index is 0.0848. The topological polar surface area (TPSA) is 67.8 Å². The normalized spacial score (nSPS) is 11.3. The second-order valence-corrected chi connectivity index (χ2v) is 2.45. The molecule has 0 fully saturated rings. The molecule has 0 amide bonds. The molecule has 4 nitrogen and oxygen atoms in total. The molecule has 0 aliphatic rings. The Bertz CT molecular complexity index is 310. The average Bonchev–Trinajstić information content (AvgIpc) is 2.18. The van der Waals surface area contributed by atoms with Crippen molar-refractivity contribution in [1.29, 1.82) is 0 Å². The summed E-state index contributed by atoms with van der Waals surface area (Å²) in [7, 11) is 0. The lowest BCUT2D eigenvalue weighted by Crippen LogP contribution is -2.12. The largest absolute Gasteiger partial charge is 0.494 e. The minimum Gasteiger partial charge on any atom is -0.494 e. The van der Waals surface area contributed by atoms with Crippen LogP contribution in [0.25, 0.3) is 0 Å². The monoisotopic (exact) mass is 180 g/mol. The van der Waals surface area contributed by atoms with E-state index in [2.05, 4.69) is 5.16 Å². The van der Waals surface area contributed by atoms with Crippen molar-refractivity contribution in [2.45, 2.75) is 6.92 Å². The van der Waals surface area contributed by atoms with Crippen LogP contribution < -0.4 is 10.5 Å². The van der Waals surface area contributed by atoms with Gasteiger partial charge in [-0.3, -0.25) is 0 Å². The summed E-state index contributed by atoms with van der Waals surface area (Å²) in [5, 5.41) is 11.3. The Kier molecular flexibility index (Phi) is 3.14. The van der Waals surface area contributed by atoms with Crippen LogP contribution in [0, 0.1) is 0 Å². The lowest BCUT2D eigenvalue weighted by atomic mass is 10.2. The van der Waals surface area contributed by atoms with Gasteiger partial charge in [0.2, 0.25) is 0 Å². The van der Waals surface area contributed by atoms with Gasteiger partial charge in [0.05, 0.1) is 6.61 Å². The van der Waals surface area contributed by atoms with E-state index in [4.69, 9.17) is 15.7 Å². The van der Waals surface area contributed by atoms with E-state index in [1.54, 1.807) is 18.2 Å². The van der Waals surface area contributed by atoms with Crippen LogP contribution in [0.4, 0.5) is 0 Å². The molecule has 70 valence electrons. The van der Waals surface area contributed by atoms with Crippen molar-refractivity contribution in [3.8, 4) is 5.75 Å². The Morgan fingerprint density at radius 2 is 2.38 bits per heavy atom. The Morgan fingerprint density at radius 3 is 3.00 bits per heavy atom. The van der Waals surface area contributed by atoms with Crippen LogP contribution in [0.2, 0.25) is 0 Å².